The molecule has 1 heterocycles. The minimum absolute atomic E-state index is 0.670. The summed E-state index contributed by atoms with van der Waals surface area (Å²) in [5, 5.41) is 2.95. The van der Waals surface area contributed by atoms with Gasteiger partial charge in [-0.25, -0.2) is 4.85 Å². The van der Waals surface area contributed by atoms with Crippen LogP contribution >= 0.6 is 0 Å². The van der Waals surface area contributed by atoms with Crippen LogP contribution < -0.4 is 15.3 Å². The Morgan fingerprint density at radius 1 is 0.633 bits per heavy atom. The van der Waals surface area contributed by atoms with Crippen molar-refractivity contribution >= 4 is 41.2 Å². The van der Waals surface area contributed by atoms with Crippen LogP contribution in [0.25, 0.3) is 16.0 Å². The van der Waals surface area contributed by atoms with E-state index in [1.54, 1.807) is 0 Å². The topological polar surface area (TPSA) is 7.60 Å². The highest BCUT2D eigenvalue weighted by Gasteiger charge is 2.37. The Kier molecular flexibility index (Phi) is 4.31. The number of anilines is 3. The van der Waals surface area contributed by atoms with E-state index in [1.165, 1.54) is 27.4 Å². The molecule has 0 fully saturated rings. The fraction of sp³-hybridized carbons (Fsp3) is 0.0741. The summed E-state index contributed by atoms with van der Waals surface area (Å²) in [4.78, 5) is 5.88. The molecule has 3 heteroatoms. The first-order valence-electron chi connectivity index (χ1n) is 10.2. The third-order valence-corrected chi connectivity index (χ3v) is 9.63. The SMILES string of the molecule is [C-]#[N+]c1ccc(-c2ccc(N3c4ccccc4[Si](C)(C)c4ccccc43)cc2)cc1. The van der Waals surface area contributed by atoms with Gasteiger partial charge in [0.2, 0.25) is 0 Å². The number of hydrogen-bond acceptors (Lipinski definition) is 1. The average Bonchev–Trinajstić information content (AvgIpc) is 2.80. The molecule has 0 atom stereocenters. The Labute approximate surface area is 178 Å². The zero-order valence-electron chi connectivity index (χ0n) is 17.1. The van der Waals surface area contributed by atoms with Crippen LogP contribution in [0.5, 0.6) is 0 Å². The zero-order valence-corrected chi connectivity index (χ0v) is 18.1. The Balaban J connectivity index is 1.61. The van der Waals surface area contributed by atoms with Gasteiger partial charge in [0, 0.05) is 17.1 Å². The monoisotopic (exact) mass is 402 g/mol. The summed E-state index contributed by atoms with van der Waals surface area (Å²) >= 11 is 0. The lowest BCUT2D eigenvalue weighted by atomic mass is 10.0. The van der Waals surface area contributed by atoms with Crippen LogP contribution in [0.4, 0.5) is 22.7 Å². The van der Waals surface area contributed by atoms with Crippen molar-refractivity contribution in [3.8, 4) is 11.1 Å². The van der Waals surface area contributed by atoms with Gasteiger partial charge in [-0.2, -0.15) is 0 Å². The highest BCUT2D eigenvalue weighted by molar-refractivity contribution is 7.02. The van der Waals surface area contributed by atoms with Crippen molar-refractivity contribution < 1.29 is 0 Å². The summed E-state index contributed by atoms with van der Waals surface area (Å²) in [7, 11) is -1.75. The van der Waals surface area contributed by atoms with Crippen LogP contribution in [0.2, 0.25) is 13.1 Å². The third kappa shape index (κ3) is 2.85. The molecule has 0 aliphatic carbocycles. The summed E-state index contributed by atoms with van der Waals surface area (Å²) in [5.74, 6) is 0. The van der Waals surface area contributed by atoms with E-state index < -0.39 is 8.07 Å². The number of benzene rings is 4. The van der Waals surface area contributed by atoms with Gasteiger partial charge in [-0.15, -0.1) is 0 Å². The molecule has 0 saturated carbocycles. The summed E-state index contributed by atoms with van der Waals surface area (Å²) < 4.78 is 0. The van der Waals surface area contributed by atoms with E-state index in [9.17, 15) is 0 Å². The van der Waals surface area contributed by atoms with Gasteiger partial charge >= 0.3 is 0 Å². The van der Waals surface area contributed by atoms with Gasteiger partial charge in [0.15, 0.2) is 5.69 Å². The second-order valence-electron chi connectivity index (χ2n) is 8.20. The van der Waals surface area contributed by atoms with E-state index in [0.29, 0.717) is 5.69 Å². The molecule has 1 aliphatic heterocycles. The van der Waals surface area contributed by atoms with Crippen LogP contribution in [0, 0.1) is 6.57 Å². The normalized spacial score (nSPS) is 13.8. The first-order valence-corrected chi connectivity index (χ1v) is 13.2. The van der Waals surface area contributed by atoms with Crippen LogP contribution in [0.3, 0.4) is 0 Å². The molecule has 144 valence electrons. The smallest absolute Gasteiger partial charge is 0.187 e. The number of hydrogen-bond donors (Lipinski definition) is 0. The van der Waals surface area contributed by atoms with Gasteiger partial charge < -0.3 is 4.90 Å². The molecule has 0 unspecified atom stereocenters. The van der Waals surface area contributed by atoms with Crippen LogP contribution in [0.1, 0.15) is 0 Å². The predicted molar refractivity (Wildman–Crippen MR) is 130 cm³/mol. The van der Waals surface area contributed by atoms with E-state index >= 15 is 0 Å². The summed E-state index contributed by atoms with van der Waals surface area (Å²) in [6.45, 7) is 12.0. The number of fused-ring (bicyclic) bond motifs is 2. The first-order chi connectivity index (χ1) is 14.6. The second-order valence-corrected chi connectivity index (χ2v) is 12.5. The zero-order chi connectivity index (χ0) is 20.7. The molecule has 30 heavy (non-hydrogen) atoms. The van der Waals surface area contributed by atoms with Crippen LogP contribution in [-0.4, -0.2) is 8.07 Å². The summed E-state index contributed by atoms with van der Waals surface area (Å²) in [6, 6.07) is 34.2. The van der Waals surface area contributed by atoms with Crippen molar-refractivity contribution in [3.05, 3.63) is 108 Å². The maximum Gasteiger partial charge on any atom is 0.187 e. The van der Waals surface area contributed by atoms with Gasteiger partial charge in [0.25, 0.3) is 0 Å². The van der Waals surface area contributed by atoms with Gasteiger partial charge in [-0.1, -0.05) is 85.9 Å². The number of para-hydroxylation sites is 2. The van der Waals surface area contributed by atoms with Gasteiger partial charge in [-0.05, 0) is 45.8 Å². The molecule has 0 radical (unpaired) electrons. The Hall–Kier alpha value is -3.61. The maximum absolute atomic E-state index is 7.13. The fourth-order valence-corrected chi connectivity index (χ4v) is 7.47. The molecule has 1 aliphatic rings. The standard InChI is InChI=1S/C27H22N2Si/c1-28-22-16-12-20(13-17-22)21-14-18-23(19-15-21)29-24-8-4-6-10-26(24)30(2,3)27-11-7-5-9-25(27)29/h4-19H,2-3H3. The number of nitrogens with zero attached hydrogens (tertiary/aromatic N) is 2. The second kappa shape index (κ2) is 7.02. The molecule has 0 aromatic heterocycles. The maximum atomic E-state index is 7.13. The minimum Gasteiger partial charge on any atom is -0.311 e. The van der Waals surface area contributed by atoms with Crippen molar-refractivity contribution in [2.75, 3.05) is 4.90 Å². The van der Waals surface area contributed by atoms with Crippen molar-refractivity contribution in [2.45, 2.75) is 13.1 Å². The Bertz CT molecular complexity index is 1220. The lowest BCUT2D eigenvalue weighted by Gasteiger charge is -2.41. The highest BCUT2D eigenvalue weighted by Crippen LogP contribution is 2.38. The quantitative estimate of drug-likeness (QED) is 0.274. The molecule has 0 N–H and O–H groups in total. The molecular formula is C27H22N2Si. The molecule has 0 saturated heterocycles. The third-order valence-electron chi connectivity index (χ3n) is 6.09. The van der Waals surface area contributed by atoms with E-state index in [0.717, 1.165) is 11.1 Å². The lowest BCUT2D eigenvalue weighted by molar-refractivity contribution is 1.29. The molecule has 0 bridgehead atoms. The summed E-state index contributed by atoms with van der Waals surface area (Å²) in [6.07, 6.45) is 0. The molecule has 2 nitrogen and oxygen atoms in total. The minimum atomic E-state index is -1.75. The van der Waals surface area contributed by atoms with Crippen LogP contribution in [-0.2, 0) is 0 Å². The van der Waals surface area contributed by atoms with Gasteiger partial charge in [0.05, 0.1) is 6.57 Å². The van der Waals surface area contributed by atoms with Crippen molar-refractivity contribution in [3.63, 3.8) is 0 Å². The van der Waals surface area contributed by atoms with Crippen molar-refractivity contribution in [1.82, 2.24) is 0 Å². The van der Waals surface area contributed by atoms with Gasteiger partial charge in [-0.3, -0.25) is 0 Å². The first kappa shape index (κ1) is 18.4. The summed E-state index contributed by atoms with van der Waals surface area (Å²) in [5.41, 5.74) is 6.71. The molecule has 4 aromatic rings. The van der Waals surface area contributed by atoms with E-state index in [4.69, 9.17) is 6.57 Å². The van der Waals surface area contributed by atoms with Crippen molar-refractivity contribution in [2.24, 2.45) is 0 Å². The van der Waals surface area contributed by atoms with Gasteiger partial charge in [0.1, 0.15) is 8.07 Å². The molecule has 5 rings (SSSR count). The van der Waals surface area contributed by atoms with E-state index in [-0.39, 0.29) is 0 Å². The molecule has 0 amide bonds. The van der Waals surface area contributed by atoms with Crippen molar-refractivity contribution in [1.29, 1.82) is 0 Å². The van der Waals surface area contributed by atoms with E-state index in [2.05, 4.69) is 95.6 Å². The fourth-order valence-electron chi connectivity index (χ4n) is 4.48. The predicted octanol–water partition coefficient (Wildman–Crippen LogP) is 6.51. The Morgan fingerprint density at radius 3 is 1.60 bits per heavy atom. The molecule has 0 spiro atoms. The molecule has 4 aromatic carbocycles. The lowest BCUT2D eigenvalue weighted by Crippen LogP contribution is -2.58. The Morgan fingerprint density at radius 2 is 1.10 bits per heavy atom. The van der Waals surface area contributed by atoms with Crippen LogP contribution in [0.15, 0.2) is 97.1 Å². The largest absolute Gasteiger partial charge is 0.311 e. The highest BCUT2D eigenvalue weighted by atomic mass is 28.3. The average molecular weight is 403 g/mol. The molecular weight excluding hydrogens is 380 g/mol. The number of rotatable bonds is 2. The van der Waals surface area contributed by atoms with E-state index in [1.807, 2.05) is 24.3 Å².